The molecule has 0 bridgehead atoms. The number of para-hydroxylation sites is 1. The van der Waals surface area contributed by atoms with E-state index in [1.165, 1.54) is 12.1 Å². The molecule has 7 heteroatoms. The van der Waals surface area contributed by atoms with Crippen molar-refractivity contribution in [3.05, 3.63) is 47.9 Å². The molecule has 1 fully saturated rings. The summed E-state index contributed by atoms with van der Waals surface area (Å²) in [5.74, 6) is 0.299. The molecule has 1 aliphatic heterocycles. The number of benzene rings is 1. The van der Waals surface area contributed by atoms with Gasteiger partial charge in [-0.3, -0.25) is 4.79 Å². The maximum atomic E-state index is 13.7. The molecule has 2 heterocycles. The van der Waals surface area contributed by atoms with Gasteiger partial charge in [0.2, 0.25) is 0 Å². The van der Waals surface area contributed by atoms with Crippen LogP contribution in [0.5, 0.6) is 5.75 Å². The zero-order valence-corrected chi connectivity index (χ0v) is 14.4. The van der Waals surface area contributed by atoms with Crippen molar-refractivity contribution in [2.24, 2.45) is 0 Å². The lowest BCUT2D eigenvalue weighted by atomic mass is 10.2. The molecule has 1 amide bonds. The normalized spacial score (nSPS) is 15.8. The molecule has 3 rings (SSSR count). The summed E-state index contributed by atoms with van der Waals surface area (Å²) in [6.45, 7) is 6.03. The SMILES string of the molecule is Cc1ccc(N2CCN(C(=O)C(C)Oc3ccccc3F)CC2)nn1. The number of piperazine rings is 1. The average molecular weight is 344 g/mol. The minimum atomic E-state index is -0.734. The van der Waals surface area contributed by atoms with Gasteiger partial charge < -0.3 is 14.5 Å². The molecule has 0 aliphatic carbocycles. The zero-order chi connectivity index (χ0) is 17.8. The van der Waals surface area contributed by atoms with Gasteiger partial charge in [0.25, 0.3) is 5.91 Å². The average Bonchev–Trinajstić information content (AvgIpc) is 2.64. The predicted molar refractivity (Wildman–Crippen MR) is 92.1 cm³/mol. The van der Waals surface area contributed by atoms with Crippen LogP contribution >= 0.6 is 0 Å². The lowest BCUT2D eigenvalue weighted by Crippen LogP contribution is -2.52. The minimum Gasteiger partial charge on any atom is -0.478 e. The Balaban J connectivity index is 1.56. The minimum absolute atomic E-state index is 0.0944. The topological polar surface area (TPSA) is 58.6 Å². The molecule has 1 aromatic heterocycles. The highest BCUT2D eigenvalue weighted by molar-refractivity contribution is 5.81. The Morgan fingerprint density at radius 2 is 1.84 bits per heavy atom. The summed E-state index contributed by atoms with van der Waals surface area (Å²) < 4.78 is 19.1. The van der Waals surface area contributed by atoms with Gasteiger partial charge in [0, 0.05) is 26.2 Å². The van der Waals surface area contributed by atoms with Crippen LogP contribution in [0.2, 0.25) is 0 Å². The van der Waals surface area contributed by atoms with Crippen LogP contribution in [0, 0.1) is 12.7 Å². The summed E-state index contributed by atoms with van der Waals surface area (Å²) in [7, 11) is 0. The van der Waals surface area contributed by atoms with Gasteiger partial charge in [0.05, 0.1) is 5.69 Å². The van der Waals surface area contributed by atoms with Crippen molar-refractivity contribution in [2.45, 2.75) is 20.0 Å². The van der Waals surface area contributed by atoms with Crippen molar-refractivity contribution in [3.63, 3.8) is 0 Å². The summed E-state index contributed by atoms with van der Waals surface area (Å²) in [5.41, 5.74) is 0.872. The van der Waals surface area contributed by atoms with E-state index >= 15 is 0 Å². The fourth-order valence-corrected chi connectivity index (χ4v) is 2.75. The maximum Gasteiger partial charge on any atom is 0.263 e. The van der Waals surface area contributed by atoms with Gasteiger partial charge in [0.15, 0.2) is 23.5 Å². The van der Waals surface area contributed by atoms with E-state index in [2.05, 4.69) is 15.1 Å². The summed E-state index contributed by atoms with van der Waals surface area (Å²) in [4.78, 5) is 16.4. The van der Waals surface area contributed by atoms with Crippen LogP contribution in [0.25, 0.3) is 0 Å². The molecule has 1 unspecified atom stereocenters. The number of rotatable bonds is 4. The Hall–Kier alpha value is -2.70. The lowest BCUT2D eigenvalue weighted by Gasteiger charge is -2.36. The fraction of sp³-hybridized carbons (Fsp3) is 0.389. The summed E-state index contributed by atoms with van der Waals surface area (Å²) >= 11 is 0. The third-order valence-corrected chi connectivity index (χ3v) is 4.19. The monoisotopic (exact) mass is 344 g/mol. The number of hydrogen-bond donors (Lipinski definition) is 0. The second-order valence-electron chi connectivity index (χ2n) is 6.04. The van der Waals surface area contributed by atoms with Gasteiger partial charge in [-0.15, -0.1) is 5.10 Å². The largest absolute Gasteiger partial charge is 0.478 e. The number of halogens is 1. The van der Waals surface area contributed by atoms with E-state index in [1.807, 2.05) is 19.1 Å². The van der Waals surface area contributed by atoms with E-state index in [1.54, 1.807) is 24.0 Å². The van der Waals surface area contributed by atoms with Crippen LogP contribution in [0.3, 0.4) is 0 Å². The van der Waals surface area contributed by atoms with Crippen LogP contribution < -0.4 is 9.64 Å². The first-order valence-corrected chi connectivity index (χ1v) is 8.30. The number of anilines is 1. The van der Waals surface area contributed by atoms with Crippen molar-refractivity contribution in [1.29, 1.82) is 0 Å². The third kappa shape index (κ3) is 4.04. The number of carbonyl (C=O) groups excluding carboxylic acids is 1. The number of ether oxygens (including phenoxy) is 1. The number of amides is 1. The van der Waals surface area contributed by atoms with Gasteiger partial charge in [-0.25, -0.2) is 4.39 Å². The fourth-order valence-electron chi connectivity index (χ4n) is 2.75. The van der Waals surface area contributed by atoms with E-state index in [0.717, 1.165) is 11.5 Å². The van der Waals surface area contributed by atoms with Gasteiger partial charge in [-0.2, -0.15) is 5.10 Å². The van der Waals surface area contributed by atoms with Crippen molar-refractivity contribution in [2.75, 3.05) is 31.1 Å². The number of aryl methyl sites for hydroxylation is 1. The Kier molecular flexibility index (Phi) is 5.11. The van der Waals surface area contributed by atoms with E-state index in [9.17, 15) is 9.18 Å². The molecule has 0 saturated carbocycles. The first-order valence-electron chi connectivity index (χ1n) is 8.30. The highest BCUT2D eigenvalue weighted by Gasteiger charge is 2.27. The van der Waals surface area contributed by atoms with E-state index in [0.29, 0.717) is 26.2 Å². The highest BCUT2D eigenvalue weighted by Crippen LogP contribution is 2.19. The van der Waals surface area contributed by atoms with Gasteiger partial charge in [-0.05, 0) is 38.1 Å². The molecule has 1 aliphatic rings. The number of hydrogen-bond acceptors (Lipinski definition) is 5. The molecule has 1 atom stereocenters. The molecule has 6 nitrogen and oxygen atoms in total. The molecule has 0 spiro atoms. The van der Waals surface area contributed by atoms with E-state index in [4.69, 9.17) is 4.74 Å². The van der Waals surface area contributed by atoms with Crippen molar-refractivity contribution in [1.82, 2.24) is 15.1 Å². The number of carbonyl (C=O) groups is 1. The van der Waals surface area contributed by atoms with E-state index in [-0.39, 0.29) is 11.7 Å². The maximum absolute atomic E-state index is 13.7. The molecule has 0 radical (unpaired) electrons. The van der Waals surface area contributed by atoms with Gasteiger partial charge in [0.1, 0.15) is 0 Å². The number of nitrogens with zero attached hydrogens (tertiary/aromatic N) is 4. The Labute approximate surface area is 146 Å². The first-order chi connectivity index (χ1) is 12.0. The second-order valence-corrected chi connectivity index (χ2v) is 6.04. The molecular weight excluding hydrogens is 323 g/mol. The van der Waals surface area contributed by atoms with Crippen LogP contribution in [0.15, 0.2) is 36.4 Å². The van der Waals surface area contributed by atoms with Crippen molar-refractivity contribution >= 4 is 11.7 Å². The molecule has 1 aromatic carbocycles. The molecule has 1 saturated heterocycles. The van der Waals surface area contributed by atoms with Crippen LogP contribution in [-0.4, -0.2) is 53.3 Å². The molecule has 132 valence electrons. The zero-order valence-electron chi connectivity index (χ0n) is 14.4. The third-order valence-electron chi connectivity index (χ3n) is 4.19. The first kappa shape index (κ1) is 17.1. The summed E-state index contributed by atoms with van der Waals surface area (Å²) in [6, 6.07) is 9.95. The Bertz CT molecular complexity index is 730. The van der Waals surface area contributed by atoms with Crippen LogP contribution in [-0.2, 0) is 4.79 Å². The lowest BCUT2D eigenvalue weighted by molar-refractivity contribution is -0.138. The van der Waals surface area contributed by atoms with Crippen LogP contribution in [0.1, 0.15) is 12.6 Å². The molecule has 25 heavy (non-hydrogen) atoms. The summed E-state index contributed by atoms with van der Waals surface area (Å²) in [6.07, 6.45) is -0.734. The molecular formula is C18H21FN4O2. The predicted octanol–water partition coefficient (Wildman–Crippen LogP) is 2.04. The summed E-state index contributed by atoms with van der Waals surface area (Å²) in [5, 5.41) is 8.24. The van der Waals surface area contributed by atoms with Gasteiger partial charge in [-0.1, -0.05) is 12.1 Å². The highest BCUT2D eigenvalue weighted by atomic mass is 19.1. The Morgan fingerprint density at radius 3 is 2.48 bits per heavy atom. The standard InChI is InChI=1S/C18H21FN4O2/c1-13-7-8-17(21-20-13)22-9-11-23(12-10-22)18(24)14(2)25-16-6-4-3-5-15(16)19/h3-8,14H,9-12H2,1-2H3. The second kappa shape index (κ2) is 7.46. The quantitative estimate of drug-likeness (QED) is 0.849. The Morgan fingerprint density at radius 1 is 1.12 bits per heavy atom. The smallest absolute Gasteiger partial charge is 0.263 e. The van der Waals surface area contributed by atoms with Crippen molar-refractivity contribution < 1.29 is 13.9 Å². The van der Waals surface area contributed by atoms with Crippen molar-refractivity contribution in [3.8, 4) is 5.75 Å². The number of aromatic nitrogens is 2. The molecule has 2 aromatic rings. The van der Waals surface area contributed by atoms with E-state index < -0.39 is 11.9 Å². The van der Waals surface area contributed by atoms with Gasteiger partial charge >= 0.3 is 0 Å². The van der Waals surface area contributed by atoms with Crippen LogP contribution in [0.4, 0.5) is 10.2 Å². The molecule has 0 N–H and O–H groups in total.